The fourth-order valence-electron chi connectivity index (χ4n) is 2.22. The number of halogens is 4. The lowest BCUT2D eigenvalue weighted by Crippen LogP contribution is -2.48. The van der Waals surface area contributed by atoms with Gasteiger partial charge in [0.15, 0.2) is 11.2 Å². The largest absolute Gasteiger partial charge is 0.458 e. The molecule has 0 amide bonds. The van der Waals surface area contributed by atoms with Gasteiger partial charge in [-0.3, -0.25) is 9.59 Å². The maximum absolute atomic E-state index is 13.9. The number of rotatable bonds is 8. The fraction of sp³-hybridized carbons (Fsp3) is 0.368. The van der Waals surface area contributed by atoms with Gasteiger partial charge in [-0.15, -0.1) is 0 Å². The van der Waals surface area contributed by atoms with Crippen LogP contribution in [0.1, 0.15) is 37.0 Å². The van der Waals surface area contributed by atoms with Crippen LogP contribution in [0.3, 0.4) is 0 Å². The molecule has 7 heteroatoms. The number of hydrogen-bond donors (Lipinski definition) is 0. The highest BCUT2D eigenvalue weighted by Crippen LogP contribution is 2.46. The van der Waals surface area contributed by atoms with Crippen molar-refractivity contribution in [1.29, 1.82) is 0 Å². The first-order valence-corrected chi connectivity index (χ1v) is 8.25. The van der Waals surface area contributed by atoms with Gasteiger partial charge in [0.25, 0.3) is 0 Å². The number of ether oxygens (including phenoxy) is 1. The summed E-state index contributed by atoms with van der Waals surface area (Å²) in [7, 11) is 0. The lowest BCUT2D eigenvalue weighted by molar-refractivity contribution is -0.234. The summed E-state index contributed by atoms with van der Waals surface area (Å²) in [5.41, 5.74) is -2.94. The molecule has 0 saturated heterocycles. The molecule has 0 radical (unpaired) electrons. The molecule has 0 bridgehead atoms. The third-order valence-corrected chi connectivity index (χ3v) is 4.14. The van der Waals surface area contributed by atoms with Gasteiger partial charge in [0.05, 0.1) is 0 Å². The first-order chi connectivity index (χ1) is 12.1. The number of alkyl halides is 3. The Morgan fingerprint density at radius 3 is 2.31 bits per heavy atom. The Morgan fingerprint density at radius 2 is 1.85 bits per heavy atom. The Labute approximate surface area is 155 Å². The minimum Gasteiger partial charge on any atom is -0.458 e. The zero-order valence-corrected chi connectivity index (χ0v) is 15.2. The van der Waals surface area contributed by atoms with Crippen LogP contribution in [-0.2, 0) is 9.53 Å². The topological polar surface area (TPSA) is 43.4 Å². The Kier molecular flexibility index (Phi) is 7.63. The third-order valence-electron chi connectivity index (χ3n) is 3.89. The van der Waals surface area contributed by atoms with E-state index in [4.69, 9.17) is 16.3 Å². The van der Waals surface area contributed by atoms with E-state index in [9.17, 15) is 22.8 Å². The maximum Gasteiger partial charge on any atom is 0.405 e. The second-order valence-electron chi connectivity index (χ2n) is 5.81. The first kappa shape index (κ1) is 22.0. The van der Waals surface area contributed by atoms with Crippen molar-refractivity contribution >= 4 is 23.4 Å². The van der Waals surface area contributed by atoms with E-state index in [1.165, 1.54) is 56.3 Å². The van der Waals surface area contributed by atoms with Gasteiger partial charge in [0, 0.05) is 17.0 Å². The van der Waals surface area contributed by atoms with Crippen molar-refractivity contribution in [2.45, 2.75) is 39.0 Å². The number of carbonyl (C=O) groups is 2. The van der Waals surface area contributed by atoms with Crippen molar-refractivity contribution in [3.05, 3.63) is 59.7 Å². The van der Waals surface area contributed by atoms with Gasteiger partial charge < -0.3 is 4.74 Å². The van der Waals surface area contributed by atoms with Crippen LogP contribution in [0.5, 0.6) is 0 Å². The van der Waals surface area contributed by atoms with Gasteiger partial charge in [-0.1, -0.05) is 36.4 Å². The summed E-state index contributed by atoms with van der Waals surface area (Å²) in [4.78, 5) is 24.9. The molecular formula is C19H20ClF3O3. The molecule has 2 unspecified atom stereocenters. The van der Waals surface area contributed by atoms with Gasteiger partial charge in [-0.05, 0) is 44.5 Å². The van der Waals surface area contributed by atoms with E-state index in [2.05, 4.69) is 6.58 Å². The van der Waals surface area contributed by atoms with E-state index in [0.29, 0.717) is 5.02 Å². The van der Waals surface area contributed by atoms with Crippen LogP contribution in [0.25, 0.3) is 0 Å². The number of benzene rings is 1. The molecule has 1 aromatic rings. The van der Waals surface area contributed by atoms with Gasteiger partial charge in [0.1, 0.15) is 6.10 Å². The van der Waals surface area contributed by atoms with Crippen molar-refractivity contribution in [2.75, 3.05) is 0 Å². The quantitative estimate of drug-likeness (QED) is 0.333. The summed E-state index contributed by atoms with van der Waals surface area (Å²) >= 11 is 5.73. The Morgan fingerprint density at radius 1 is 1.27 bits per heavy atom. The van der Waals surface area contributed by atoms with Gasteiger partial charge in [-0.2, -0.15) is 13.2 Å². The van der Waals surface area contributed by atoms with Crippen LogP contribution in [0.15, 0.2) is 49.1 Å². The number of allylic oxidation sites excluding steroid dienone is 2. The molecule has 26 heavy (non-hydrogen) atoms. The zero-order valence-electron chi connectivity index (χ0n) is 14.5. The number of Topliss-reactive ketones (excluding diaryl/α,β-unsaturated/α-hetero) is 1. The molecule has 0 aliphatic rings. The molecule has 1 rings (SSSR count). The summed E-state index contributed by atoms with van der Waals surface area (Å²) in [5, 5.41) is 0.344. The summed E-state index contributed by atoms with van der Waals surface area (Å²) in [6.07, 6.45) is -3.87. The van der Waals surface area contributed by atoms with Crippen LogP contribution in [0.2, 0.25) is 5.02 Å². The normalized spacial score (nSPS) is 15.3. The lowest BCUT2D eigenvalue weighted by Gasteiger charge is -2.33. The van der Waals surface area contributed by atoms with Crippen molar-refractivity contribution in [3.8, 4) is 0 Å². The second kappa shape index (κ2) is 9.03. The van der Waals surface area contributed by atoms with Crippen molar-refractivity contribution in [1.82, 2.24) is 0 Å². The van der Waals surface area contributed by atoms with E-state index >= 15 is 0 Å². The molecule has 0 aromatic heterocycles. The second-order valence-corrected chi connectivity index (χ2v) is 6.24. The first-order valence-electron chi connectivity index (χ1n) is 7.87. The average Bonchev–Trinajstić information content (AvgIpc) is 2.57. The third kappa shape index (κ3) is 5.21. The molecule has 0 aliphatic heterocycles. The summed E-state index contributed by atoms with van der Waals surface area (Å²) in [6, 6.07) is 5.43. The molecule has 0 N–H and O–H groups in total. The average molecular weight is 389 g/mol. The van der Waals surface area contributed by atoms with Crippen LogP contribution in [-0.4, -0.2) is 24.0 Å². The molecule has 2 atom stereocenters. The molecule has 142 valence electrons. The number of ketones is 1. The van der Waals surface area contributed by atoms with Crippen molar-refractivity contribution in [2.24, 2.45) is 5.41 Å². The highest BCUT2D eigenvalue weighted by molar-refractivity contribution is 6.30. The monoisotopic (exact) mass is 388 g/mol. The Hall–Kier alpha value is -2.08. The van der Waals surface area contributed by atoms with E-state index in [1.54, 1.807) is 0 Å². The van der Waals surface area contributed by atoms with Crippen LogP contribution < -0.4 is 0 Å². The van der Waals surface area contributed by atoms with Crippen LogP contribution in [0.4, 0.5) is 13.2 Å². The van der Waals surface area contributed by atoms with Crippen LogP contribution >= 0.6 is 11.6 Å². The van der Waals surface area contributed by atoms with Crippen molar-refractivity contribution in [3.63, 3.8) is 0 Å². The molecule has 0 fully saturated rings. The highest BCUT2D eigenvalue weighted by atomic mass is 35.5. The molecular weight excluding hydrogens is 369 g/mol. The standard InChI is InChI=1S/C19H20ClF3O3/c1-4-6-11-18(19(21,22)23,17(25)26-13(3)5-2)12-16(24)14-7-9-15(20)10-8-14/h4-10,13H,2,11-12H2,1,3H3. The fourth-order valence-corrected chi connectivity index (χ4v) is 2.35. The van der Waals surface area contributed by atoms with E-state index in [1.807, 2.05) is 0 Å². The number of hydrogen-bond acceptors (Lipinski definition) is 3. The molecule has 3 nitrogen and oxygen atoms in total. The Balaban J connectivity index is 3.31. The summed E-state index contributed by atoms with van der Waals surface area (Å²) in [5.74, 6) is -2.33. The van der Waals surface area contributed by atoms with Crippen molar-refractivity contribution < 1.29 is 27.5 Å². The van der Waals surface area contributed by atoms with E-state index in [-0.39, 0.29) is 5.56 Å². The van der Waals surface area contributed by atoms with E-state index < -0.39 is 42.3 Å². The molecule has 0 saturated carbocycles. The van der Waals surface area contributed by atoms with Gasteiger partial charge in [0.2, 0.25) is 0 Å². The smallest absolute Gasteiger partial charge is 0.405 e. The minimum atomic E-state index is -4.98. The maximum atomic E-state index is 13.9. The zero-order chi connectivity index (χ0) is 20.0. The van der Waals surface area contributed by atoms with E-state index in [0.717, 1.165) is 0 Å². The number of carbonyl (C=O) groups excluding carboxylic acids is 2. The van der Waals surface area contributed by atoms with Crippen LogP contribution in [0, 0.1) is 5.41 Å². The van der Waals surface area contributed by atoms with Gasteiger partial charge >= 0.3 is 12.1 Å². The highest BCUT2D eigenvalue weighted by Gasteiger charge is 2.61. The predicted molar refractivity (Wildman–Crippen MR) is 94.1 cm³/mol. The predicted octanol–water partition coefficient (Wildman–Crippen LogP) is 5.55. The minimum absolute atomic E-state index is 0.0353. The summed E-state index contributed by atoms with van der Waals surface area (Å²) in [6.45, 7) is 6.30. The SMILES string of the molecule is C=CC(C)OC(=O)C(CC=CC)(CC(=O)c1ccc(Cl)cc1)C(F)(F)F. The number of esters is 1. The molecule has 1 aromatic carbocycles. The molecule has 0 spiro atoms. The van der Waals surface area contributed by atoms with Gasteiger partial charge in [-0.25, -0.2) is 0 Å². The molecule has 0 aliphatic carbocycles. The Bertz CT molecular complexity index is 680. The summed E-state index contributed by atoms with van der Waals surface area (Å²) < 4.78 is 46.6. The molecule has 0 heterocycles. The lowest BCUT2D eigenvalue weighted by atomic mass is 9.77.